The highest BCUT2D eigenvalue weighted by Gasteiger charge is 2.45. The molecule has 3 aliphatic rings. The van der Waals surface area contributed by atoms with Crippen LogP contribution in [0, 0.1) is 34.5 Å². The summed E-state index contributed by atoms with van der Waals surface area (Å²) in [5.41, 5.74) is 6.27. The third-order valence-corrected chi connectivity index (χ3v) is 8.49. The van der Waals surface area contributed by atoms with Crippen molar-refractivity contribution in [1.29, 1.82) is 10.5 Å². The third-order valence-electron chi connectivity index (χ3n) is 7.26. The van der Waals surface area contributed by atoms with E-state index < -0.39 is 5.97 Å². The SMILES string of the molecule is C/C(=C1/C(=O)OC(=C(C#N)C#N)C1=C(C1CC1)C1CC1)c1cc(-c2ccccc2)sc1-c1ccccc1. The van der Waals surface area contributed by atoms with Crippen molar-refractivity contribution < 1.29 is 9.53 Å². The molecule has 0 N–H and O–H groups in total. The van der Waals surface area contributed by atoms with Crippen molar-refractivity contribution in [2.75, 3.05) is 0 Å². The molecule has 2 saturated carbocycles. The molecular formula is C32H24N2O2S. The minimum atomic E-state index is -0.476. The molecule has 37 heavy (non-hydrogen) atoms. The van der Waals surface area contributed by atoms with E-state index in [9.17, 15) is 15.3 Å². The Hall–Kier alpha value is -4.19. The molecule has 180 valence electrons. The number of rotatable bonds is 5. The van der Waals surface area contributed by atoms with Gasteiger partial charge in [0.15, 0.2) is 11.3 Å². The Kier molecular flexibility index (Phi) is 5.87. The average Bonchev–Trinajstić information content (AvgIpc) is 3.87. The van der Waals surface area contributed by atoms with E-state index in [4.69, 9.17) is 4.74 Å². The molecule has 0 amide bonds. The molecule has 4 nitrogen and oxygen atoms in total. The normalized spacial score (nSPS) is 18.2. The van der Waals surface area contributed by atoms with Crippen molar-refractivity contribution >= 4 is 22.9 Å². The van der Waals surface area contributed by atoms with E-state index in [0.717, 1.165) is 57.7 Å². The van der Waals surface area contributed by atoms with Gasteiger partial charge in [-0.05, 0) is 72.8 Å². The number of allylic oxidation sites excluding steroid dienone is 4. The summed E-state index contributed by atoms with van der Waals surface area (Å²) >= 11 is 1.70. The highest BCUT2D eigenvalue weighted by molar-refractivity contribution is 7.19. The largest absolute Gasteiger partial charge is 0.420 e. The van der Waals surface area contributed by atoms with E-state index in [0.29, 0.717) is 23.0 Å². The first-order valence-electron chi connectivity index (χ1n) is 12.6. The number of hydrogen-bond acceptors (Lipinski definition) is 5. The molecule has 2 aliphatic carbocycles. The van der Waals surface area contributed by atoms with Gasteiger partial charge in [0.1, 0.15) is 12.1 Å². The minimum absolute atomic E-state index is 0.136. The summed E-state index contributed by atoms with van der Waals surface area (Å²) in [5, 5.41) is 19.4. The Morgan fingerprint density at radius 2 is 1.43 bits per heavy atom. The second-order valence-corrected chi connectivity index (χ2v) is 10.8. The molecule has 3 fully saturated rings. The zero-order valence-corrected chi connectivity index (χ0v) is 21.3. The summed E-state index contributed by atoms with van der Waals surface area (Å²) < 4.78 is 5.73. The molecule has 3 aromatic rings. The minimum Gasteiger partial charge on any atom is -0.420 e. The van der Waals surface area contributed by atoms with E-state index in [1.54, 1.807) is 11.3 Å². The molecule has 0 spiro atoms. The van der Waals surface area contributed by atoms with Crippen molar-refractivity contribution in [1.82, 2.24) is 0 Å². The average molecular weight is 501 g/mol. The van der Waals surface area contributed by atoms with E-state index >= 15 is 0 Å². The van der Waals surface area contributed by atoms with Gasteiger partial charge < -0.3 is 4.74 Å². The lowest BCUT2D eigenvalue weighted by molar-refractivity contribution is -0.132. The molecule has 0 atom stereocenters. The van der Waals surface area contributed by atoms with E-state index in [2.05, 4.69) is 30.3 Å². The van der Waals surface area contributed by atoms with Gasteiger partial charge in [-0.3, -0.25) is 0 Å². The Labute approximate surface area is 220 Å². The Morgan fingerprint density at radius 3 is 1.97 bits per heavy atom. The van der Waals surface area contributed by atoms with Crippen molar-refractivity contribution in [2.45, 2.75) is 32.6 Å². The monoisotopic (exact) mass is 500 g/mol. The molecule has 2 aromatic carbocycles. The highest BCUT2D eigenvalue weighted by Crippen LogP contribution is 2.55. The quantitative estimate of drug-likeness (QED) is 0.203. The number of esters is 1. The van der Waals surface area contributed by atoms with Crippen LogP contribution in [0.2, 0.25) is 0 Å². The number of benzene rings is 2. The van der Waals surface area contributed by atoms with Crippen molar-refractivity contribution in [3.63, 3.8) is 0 Å². The molecule has 0 unspecified atom stereocenters. The van der Waals surface area contributed by atoms with Crippen LogP contribution in [0.1, 0.15) is 38.2 Å². The Morgan fingerprint density at radius 1 is 0.865 bits per heavy atom. The Bertz CT molecular complexity index is 1560. The first-order valence-corrected chi connectivity index (χ1v) is 13.4. The smallest absolute Gasteiger partial charge is 0.344 e. The summed E-state index contributed by atoms with van der Waals surface area (Å²) in [6.45, 7) is 1.97. The van der Waals surface area contributed by atoms with Crippen LogP contribution in [0.5, 0.6) is 0 Å². The predicted octanol–water partition coefficient (Wildman–Crippen LogP) is 7.83. The predicted molar refractivity (Wildman–Crippen MR) is 145 cm³/mol. The summed E-state index contributed by atoms with van der Waals surface area (Å²) in [4.78, 5) is 15.7. The lowest BCUT2D eigenvalue weighted by atomic mass is 9.87. The van der Waals surface area contributed by atoms with Crippen molar-refractivity contribution in [2.24, 2.45) is 11.8 Å². The second-order valence-electron chi connectivity index (χ2n) is 9.78. The fraction of sp³-hybridized carbons (Fsp3) is 0.219. The number of nitriles is 2. The van der Waals surface area contributed by atoms with Gasteiger partial charge in [0.2, 0.25) is 0 Å². The van der Waals surface area contributed by atoms with Crippen molar-refractivity contribution in [3.8, 4) is 33.0 Å². The van der Waals surface area contributed by atoms with Gasteiger partial charge in [-0.15, -0.1) is 11.3 Å². The third kappa shape index (κ3) is 4.22. The van der Waals surface area contributed by atoms with Crippen LogP contribution in [0.25, 0.3) is 26.5 Å². The lowest BCUT2D eigenvalue weighted by Gasteiger charge is -2.13. The molecule has 1 aromatic heterocycles. The second kappa shape index (κ2) is 9.36. The number of nitrogens with zero attached hydrogens (tertiary/aromatic N) is 2. The Balaban J connectivity index is 1.62. The first-order chi connectivity index (χ1) is 18.1. The summed E-state index contributed by atoms with van der Waals surface area (Å²) in [5.74, 6) is 0.461. The summed E-state index contributed by atoms with van der Waals surface area (Å²) in [6.07, 6.45) is 4.29. The zero-order valence-electron chi connectivity index (χ0n) is 20.5. The van der Waals surface area contributed by atoms with Gasteiger partial charge in [-0.25, -0.2) is 4.79 Å². The van der Waals surface area contributed by atoms with Crippen LogP contribution in [0.4, 0.5) is 0 Å². The van der Waals surface area contributed by atoms with Crippen molar-refractivity contribution in [3.05, 3.63) is 100 Å². The van der Waals surface area contributed by atoms with E-state index in [-0.39, 0.29) is 11.3 Å². The van der Waals surface area contributed by atoms with Crippen LogP contribution in [0.3, 0.4) is 0 Å². The van der Waals surface area contributed by atoms with Gasteiger partial charge in [-0.1, -0.05) is 66.2 Å². The molecule has 1 saturated heterocycles. The highest BCUT2D eigenvalue weighted by atomic mass is 32.1. The molecule has 5 heteroatoms. The topological polar surface area (TPSA) is 73.9 Å². The van der Waals surface area contributed by atoms with Crippen LogP contribution < -0.4 is 0 Å². The number of carbonyl (C=O) groups excluding carboxylic acids is 1. The van der Waals surface area contributed by atoms with E-state index in [1.807, 2.05) is 55.5 Å². The van der Waals surface area contributed by atoms with Gasteiger partial charge in [0.05, 0.1) is 5.57 Å². The van der Waals surface area contributed by atoms with Gasteiger partial charge in [0.25, 0.3) is 0 Å². The number of carbonyl (C=O) groups is 1. The number of thiophene rings is 1. The zero-order chi connectivity index (χ0) is 25.5. The fourth-order valence-corrected chi connectivity index (χ4v) is 6.44. The standard InChI is InChI=1S/C32H24N2O2S/c1-19(25-16-26(20-8-4-2-5-9-20)37-31(25)23-10-6-3-7-11-23)27-29(28(21-12-13-21)22-14-15-22)30(36-32(27)35)24(17-33)18-34/h2-11,16,21-22H,12-15H2,1H3/b27-19-. The number of hydrogen-bond donors (Lipinski definition) is 0. The summed E-state index contributed by atoms with van der Waals surface area (Å²) in [6, 6.07) is 26.5. The van der Waals surface area contributed by atoms with Crippen LogP contribution in [0.15, 0.2) is 94.8 Å². The van der Waals surface area contributed by atoms with Gasteiger partial charge >= 0.3 is 5.97 Å². The van der Waals surface area contributed by atoms with Crippen LogP contribution >= 0.6 is 11.3 Å². The lowest BCUT2D eigenvalue weighted by Crippen LogP contribution is -2.03. The molecular weight excluding hydrogens is 476 g/mol. The molecule has 0 radical (unpaired) electrons. The maximum Gasteiger partial charge on any atom is 0.344 e. The number of cyclic esters (lactones) is 1. The maximum atomic E-state index is 13.5. The maximum absolute atomic E-state index is 13.5. The summed E-state index contributed by atoms with van der Waals surface area (Å²) in [7, 11) is 0. The van der Waals surface area contributed by atoms with Gasteiger partial charge in [-0.2, -0.15) is 10.5 Å². The molecule has 6 rings (SSSR count). The first kappa shape index (κ1) is 23.2. The molecule has 2 heterocycles. The number of ether oxygens (including phenoxy) is 1. The van der Waals surface area contributed by atoms with Crippen LogP contribution in [-0.2, 0) is 9.53 Å². The van der Waals surface area contributed by atoms with E-state index in [1.165, 1.54) is 5.57 Å². The molecule has 0 bridgehead atoms. The van der Waals surface area contributed by atoms with Gasteiger partial charge in [0, 0.05) is 15.3 Å². The fourth-order valence-electron chi connectivity index (χ4n) is 5.21. The molecule has 1 aliphatic heterocycles. The van der Waals surface area contributed by atoms with Crippen LogP contribution in [-0.4, -0.2) is 5.97 Å².